The topological polar surface area (TPSA) is 36.7 Å². The standard InChI is InChI=1S/C49H29FN2/c50-36-23-20-32(21-24-36)48-43-29-42(37-15-7-8-16-40(37)47(43)41-17-9-10-18-46(41)52-48)33-22-26-39-38-25-19-31(30-51)27-44(38)49(45(39)28-33,34-11-3-1-4-12-34)35-13-5-2-6-14-35/h1-29H. The Morgan fingerprint density at radius 2 is 1.06 bits per heavy atom. The summed E-state index contributed by atoms with van der Waals surface area (Å²) in [6.45, 7) is 0. The third-order valence-electron chi connectivity index (χ3n) is 10.8. The summed E-state index contributed by atoms with van der Waals surface area (Å²) in [5.41, 5.74) is 11.6. The molecule has 1 aliphatic rings. The van der Waals surface area contributed by atoms with Crippen molar-refractivity contribution in [2.24, 2.45) is 0 Å². The number of rotatable bonds is 4. The summed E-state index contributed by atoms with van der Waals surface area (Å²) in [6.07, 6.45) is 0. The molecule has 0 saturated heterocycles. The Balaban J connectivity index is 1.32. The fourth-order valence-corrected chi connectivity index (χ4v) is 8.61. The molecule has 1 aliphatic carbocycles. The molecule has 8 aromatic carbocycles. The second kappa shape index (κ2) is 11.6. The van der Waals surface area contributed by atoms with Crippen LogP contribution in [0.5, 0.6) is 0 Å². The second-order valence-electron chi connectivity index (χ2n) is 13.5. The summed E-state index contributed by atoms with van der Waals surface area (Å²) >= 11 is 0. The number of nitrogens with zero attached hydrogens (tertiary/aromatic N) is 2. The van der Waals surface area contributed by atoms with E-state index in [-0.39, 0.29) is 5.82 Å². The molecule has 1 aromatic heterocycles. The van der Waals surface area contributed by atoms with E-state index >= 15 is 0 Å². The lowest BCUT2D eigenvalue weighted by atomic mass is 9.67. The Morgan fingerprint density at radius 1 is 0.481 bits per heavy atom. The summed E-state index contributed by atoms with van der Waals surface area (Å²) in [5.74, 6) is -0.277. The average molecular weight is 665 g/mol. The number of benzene rings is 8. The first-order valence-corrected chi connectivity index (χ1v) is 17.5. The molecule has 0 radical (unpaired) electrons. The van der Waals surface area contributed by atoms with Crippen LogP contribution in [0.2, 0.25) is 0 Å². The van der Waals surface area contributed by atoms with E-state index in [1.54, 1.807) is 0 Å². The van der Waals surface area contributed by atoms with Crippen molar-refractivity contribution in [3.05, 3.63) is 210 Å². The number of pyridine rings is 1. The molecule has 0 atom stereocenters. The van der Waals surface area contributed by atoms with Gasteiger partial charge in [-0.05, 0) is 110 Å². The number of para-hydroxylation sites is 1. The Labute approximate surface area is 300 Å². The van der Waals surface area contributed by atoms with Crippen LogP contribution in [-0.2, 0) is 5.41 Å². The van der Waals surface area contributed by atoms with Gasteiger partial charge in [0.15, 0.2) is 0 Å². The third-order valence-corrected chi connectivity index (χ3v) is 10.8. The minimum absolute atomic E-state index is 0.277. The van der Waals surface area contributed by atoms with Gasteiger partial charge in [0.25, 0.3) is 0 Å². The molecule has 0 amide bonds. The number of hydrogen-bond donors (Lipinski definition) is 0. The molecule has 0 saturated carbocycles. The Kier molecular flexibility index (Phi) is 6.68. The second-order valence-corrected chi connectivity index (χ2v) is 13.5. The quantitative estimate of drug-likeness (QED) is 0.176. The lowest BCUT2D eigenvalue weighted by Gasteiger charge is -2.34. The van der Waals surface area contributed by atoms with Gasteiger partial charge in [-0.25, -0.2) is 9.37 Å². The number of aromatic nitrogens is 1. The van der Waals surface area contributed by atoms with E-state index in [0.717, 1.165) is 82.6 Å². The van der Waals surface area contributed by atoms with Gasteiger partial charge < -0.3 is 0 Å². The lowest BCUT2D eigenvalue weighted by molar-refractivity contribution is 0.628. The van der Waals surface area contributed by atoms with Crippen LogP contribution in [0.4, 0.5) is 4.39 Å². The largest absolute Gasteiger partial charge is 0.247 e. The Bertz CT molecular complexity index is 2870. The van der Waals surface area contributed by atoms with Gasteiger partial charge in [0, 0.05) is 21.7 Å². The average Bonchev–Trinajstić information content (AvgIpc) is 3.50. The number of hydrogen-bond acceptors (Lipinski definition) is 2. The maximum Gasteiger partial charge on any atom is 0.123 e. The molecule has 0 bridgehead atoms. The molecule has 3 heteroatoms. The molecular weight excluding hydrogens is 636 g/mol. The van der Waals surface area contributed by atoms with Crippen molar-refractivity contribution in [3.8, 4) is 39.6 Å². The highest BCUT2D eigenvalue weighted by molar-refractivity contribution is 6.25. The molecule has 10 rings (SSSR count). The van der Waals surface area contributed by atoms with Gasteiger partial charge in [-0.2, -0.15) is 5.26 Å². The summed E-state index contributed by atoms with van der Waals surface area (Å²) in [7, 11) is 0. The SMILES string of the molecule is N#Cc1ccc2c(c1)C(c1ccccc1)(c1ccccc1)c1cc(-c3cc4c(-c5ccc(F)cc5)nc5ccccc5c4c4ccccc34)ccc1-2. The molecular formula is C49H29FN2. The molecule has 242 valence electrons. The molecule has 0 N–H and O–H groups in total. The van der Waals surface area contributed by atoms with Crippen molar-refractivity contribution in [1.82, 2.24) is 4.98 Å². The van der Waals surface area contributed by atoms with Crippen LogP contribution < -0.4 is 0 Å². The van der Waals surface area contributed by atoms with Crippen LogP contribution >= 0.6 is 0 Å². The minimum atomic E-state index is -0.653. The van der Waals surface area contributed by atoms with E-state index in [1.165, 1.54) is 17.7 Å². The third kappa shape index (κ3) is 4.31. The molecule has 0 spiro atoms. The molecule has 1 heterocycles. The Morgan fingerprint density at radius 3 is 1.75 bits per heavy atom. The first-order valence-electron chi connectivity index (χ1n) is 17.5. The zero-order chi connectivity index (χ0) is 34.8. The summed E-state index contributed by atoms with van der Waals surface area (Å²) in [6, 6.07) is 62.5. The number of nitriles is 1. The summed E-state index contributed by atoms with van der Waals surface area (Å²) in [5, 5.41) is 15.6. The van der Waals surface area contributed by atoms with Gasteiger partial charge in [0.05, 0.1) is 28.3 Å². The smallest absolute Gasteiger partial charge is 0.123 e. The molecule has 0 aliphatic heterocycles. The van der Waals surface area contributed by atoms with Gasteiger partial charge >= 0.3 is 0 Å². The first-order chi connectivity index (χ1) is 25.6. The highest BCUT2D eigenvalue weighted by Gasteiger charge is 2.46. The maximum absolute atomic E-state index is 14.2. The highest BCUT2D eigenvalue weighted by Crippen LogP contribution is 2.57. The van der Waals surface area contributed by atoms with E-state index < -0.39 is 5.41 Å². The van der Waals surface area contributed by atoms with Gasteiger partial charge in [-0.3, -0.25) is 0 Å². The van der Waals surface area contributed by atoms with E-state index in [1.807, 2.05) is 30.3 Å². The van der Waals surface area contributed by atoms with Crippen LogP contribution in [0.15, 0.2) is 176 Å². The van der Waals surface area contributed by atoms with Crippen LogP contribution in [-0.4, -0.2) is 4.98 Å². The van der Waals surface area contributed by atoms with Gasteiger partial charge in [0.1, 0.15) is 5.82 Å². The maximum atomic E-state index is 14.2. The van der Waals surface area contributed by atoms with Crippen molar-refractivity contribution in [1.29, 1.82) is 5.26 Å². The van der Waals surface area contributed by atoms with E-state index in [9.17, 15) is 9.65 Å². The monoisotopic (exact) mass is 664 g/mol. The first kappa shape index (κ1) is 30.0. The number of halogens is 1. The van der Waals surface area contributed by atoms with Crippen LogP contribution in [0.3, 0.4) is 0 Å². The summed E-state index contributed by atoms with van der Waals surface area (Å²) < 4.78 is 14.2. The zero-order valence-corrected chi connectivity index (χ0v) is 28.0. The van der Waals surface area contributed by atoms with Crippen molar-refractivity contribution in [2.75, 3.05) is 0 Å². The van der Waals surface area contributed by atoms with Crippen molar-refractivity contribution >= 4 is 32.4 Å². The van der Waals surface area contributed by atoms with Crippen molar-refractivity contribution in [2.45, 2.75) is 5.41 Å². The number of fused-ring (bicyclic) bond motifs is 8. The summed E-state index contributed by atoms with van der Waals surface area (Å²) in [4.78, 5) is 5.20. The van der Waals surface area contributed by atoms with Crippen LogP contribution in [0, 0.1) is 17.1 Å². The highest BCUT2D eigenvalue weighted by atomic mass is 19.1. The fourth-order valence-electron chi connectivity index (χ4n) is 8.61. The van der Waals surface area contributed by atoms with Crippen molar-refractivity contribution in [3.63, 3.8) is 0 Å². The molecule has 52 heavy (non-hydrogen) atoms. The normalized spacial score (nSPS) is 12.8. The van der Waals surface area contributed by atoms with E-state index in [2.05, 4.69) is 140 Å². The van der Waals surface area contributed by atoms with Crippen LogP contribution in [0.25, 0.3) is 66.0 Å². The van der Waals surface area contributed by atoms with Gasteiger partial charge in [-0.15, -0.1) is 0 Å². The Hall–Kier alpha value is -6.89. The minimum Gasteiger partial charge on any atom is -0.247 e. The predicted molar refractivity (Wildman–Crippen MR) is 210 cm³/mol. The zero-order valence-electron chi connectivity index (χ0n) is 28.0. The molecule has 2 nitrogen and oxygen atoms in total. The molecule has 9 aromatic rings. The van der Waals surface area contributed by atoms with Gasteiger partial charge in [0.2, 0.25) is 0 Å². The lowest BCUT2D eigenvalue weighted by Crippen LogP contribution is -2.28. The van der Waals surface area contributed by atoms with E-state index in [0.29, 0.717) is 5.56 Å². The van der Waals surface area contributed by atoms with Gasteiger partial charge in [-0.1, -0.05) is 121 Å². The van der Waals surface area contributed by atoms with E-state index in [4.69, 9.17) is 4.98 Å². The molecule has 0 unspecified atom stereocenters. The fraction of sp³-hybridized carbons (Fsp3) is 0.0204. The van der Waals surface area contributed by atoms with Crippen LogP contribution in [0.1, 0.15) is 27.8 Å². The molecule has 0 fully saturated rings. The predicted octanol–water partition coefficient (Wildman–Crippen LogP) is 12.2. The van der Waals surface area contributed by atoms with Crippen molar-refractivity contribution < 1.29 is 4.39 Å².